The van der Waals surface area contributed by atoms with E-state index in [2.05, 4.69) is 57.3 Å². The summed E-state index contributed by atoms with van der Waals surface area (Å²) in [7, 11) is -6.97. The average Bonchev–Trinajstić information content (AvgIpc) is 0.974. The number of ether oxygens (including phenoxy) is 7. The topological polar surface area (TPSA) is 316 Å². The van der Waals surface area contributed by atoms with Crippen LogP contribution < -0.4 is 35.6 Å². The van der Waals surface area contributed by atoms with Gasteiger partial charge in [-0.2, -0.15) is 9.97 Å². The molecule has 0 bridgehead atoms. The molecule has 472 valence electrons. The molecule has 5 fully saturated rings. The number of rotatable bonds is 9. The Kier molecular flexibility index (Phi) is 18.3. The van der Waals surface area contributed by atoms with Gasteiger partial charge in [0.05, 0.1) is 141 Å². The maximum Gasteiger partial charge on any atom is 0.239 e. The van der Waals surface area contributed by atoms with Gasteiger partial charge in [-0.1, -0.05) is 36.4 Å². The Bertz CT molecular complexity index is 3960. The summed E-state index contributed by atoms with van der Waals surface area (Å²) < 4.78 is 88.1. The van der Waals surface area contributed by atoms with Gasteiger partial charge in [-0.15, -0.1) is 0 Å². The lowest BCUT2D eigenvalue weighted by atomic mass is 10.0. The van der Waals surface area contributed by atoms with Crippen molar-refractivity contribution in [2.75, 3.05) is 112 Å². The fraction of sp³-hybridized carbons (Fsp3) is 0.500. The molecule has 6 N–H and O–H groups in total. The van der Waals surface area contributed by atoms with Crippen LogP contribution in [-0.4, -0.2) is 200 Å². The van der Waals surface area contributed by atoms with Crippen LogP contribution in [0.15, 0.2) is 72.8 Å². The van der Waals surface area contributed by atoms with Gasteiger partial charge in [-0.25, -0.2) is 46.3 Å². The van der Waals surface area contributed by atoms with Gasteiger partial charge in [0.2, 0.25) is 28.4 Å². The fourth-order valence-electron chi connectivity index (χ4n) is 10.4. The van der Waals surface area contributed by atoms with Gasteiger partial charge in [0.15, 0.2) is 42.8 Å². The standard InChI is InChI=1S/C24H30N6O5S.C14H20ClN3O4S.C10H11N3O.C7H5ClN2.C3H7NO/c1-14-9-33-12-16-13-35-19-20(24(2,3)36(4,31)32)27-23(28-21(19)29(14)16)30-18-8-6-5-7-17(18)26-22(30)25-15-10-34-11-15;1-8-5-21-6-9-7-22-10-11(14(2,3)23(4,19)20)16-13(15)17-12(10)18(8)9;1-2-4-9-8(3-1)12-10(13-9)11-7-5-14-6-7;8-7-9-5-3-1-2-4-6(5)10-7;4-3-1-5-2-3/h5-8,14-16H,9-13H2,1-4H3,(H,25,26);8-9H,5-7H2,1-4H3;1-4,7H,5-6H2,(H2,11,12,13);1-4H,(H,9,10);3H,1-2,4H2/t14-,16+;8-,9+;;;/m11.../s1. The number of imidazole rings is 3. The number of para-hydroxylation sites is 6. The number of fused-ring (bicyclic) bond motifs is 9. The van der Waals surface area contributed by atoms with E-state index in [0.717, 1.165) is 65.5 Å². The summed E-state index contributed by atoms with van der Waals surface area (Å²) in [6.07, 6.45) is 2.40. The zero-order valence-electron chi connectivity index (χ0n) is 50.1. The van der Waals surface area contributed by atoms with Crippen LogP contribution >= 0.6 is 23.2 Å². The van der Waals surface area contributed by atoms with E-state index in [1.54, 1.807) is 27.7 Å². The number of nitrogens with one attached hydrogen (secondary N) is 4. The van der Waals surface area contributed by atoms with Crippen LogP contribution in [0.25, 0.3) is 39.0 Å². The smallest absolute Gasteiger partial charge is 0.239 e. The number of sulfone groups is 2. The van der Waals surface area contributed by atoms with Crippen LogP contribution in [0, 0.1) is 0 Å². The molecule has 88 heavy (non-hydrogen) atoms. The highest BCUT2D eigenvalue weighted by Gasteiger charge is 2.46. The van der Waals surface area contributed by atoms with E-state index in [-0.39, 0.29) is 35.5 Å². The molecular formula is C58H73Cl2N15O11S2. The number of anilines is 4. The molecule has 0 aliphatic carbocycles. The van der Waals surface area contributed by atoms with Crippen molar-refractivity contribution < 1.29 is 50.0 Å². The van der Waals surface area contributed by atoms with Crippen molar-refractivity contribution in [3.63, 3.8) is 0 Å². The van der Waals surface area contributed by atoms with Crippen molar-refractivity contribution in [1.29, 1.82) is 0 Å². The first-order chi connectivity index (χ1) is 41.9. The number of hydrogen-bond donors (Lipinski definition) is 5. The molecule has 4 atom stereocenters. The Labute approximate surface area is 519 Å². The highest BCUT2D eigenvalue weighted by Crippen LogP contribution is 2.46. The van der Waals surface area contributed by atoms with Crippen molar-refractivity contribution in [3.05, 3.63) is 94.8 Å². The van der Waals surface area contributed by atoms with E-state index in [1.807, 2.05) is 84.3 Å². The highest BCUT2D eigenvalue weighted by atomic mass is 35.5. The first-order valence-corrected chi connectivity index (χ1v) is 33.4. The number of benzene rings is 3. The van der Waals surface area contributed by atoms with Gasteiger partial charge in [0.1, 0.15) is 34.1 Å². The van der Waals surface area contributed by atoms with Gasteiger partial charge in [-0.05, 0) is 101 Å². The Balaban J connectivity index is 0.000000130. The molecule has 30 heteroatoms. The number of hydrogen-bond acceptors (Lipinski definition) is 23. The molecule has 0 unspecified atom stereocenters. The molecule has 5 aromatic heterocycles. The van der Waals surface area contributed by atoms with Gasteiger partial charge in [0, 0.05) is 12.5 Å². The summed E-state index contributed by atoms with van der Waals surface area (Å²) in [5.41, 5.74) is 11.4. The van der Waals surface area contributed by atoms with Crippen molar-refractivity contribution in [3.8, 4) is 17.4 Å². The number of nitrogens with zero attached hydrogens (tertiary/aromatic N) is 10. The first kappa shape index (κ1) is 62.9. The van der Waals surface area contributed by atoms with Crippen LogP contribution in [0.5, 0.6) is 11.5 Å². The summed E-state index contributed by atoms with van der Waals surface area (Å²) in [6, 6.07) is 24.5. The summed E-state index contributed by atoms with van der Waals surface area (Å²) in [5.74, 6) is 3.67. The largest absolute Gasteiger partial charge is 0.486 e. The molecule has 26 nitrogen and oxygen atoms in total. The molecule has 0 saturated carbocycles. The number of nitrogens with two attached hydrogens (primary N) is 1. The second kappa shape index (κ2) is 25.6. The molecule has 0 amide bonds. The quantitative estimate of drug-likeness (QED) is 0.100. The Hall–Kier alpha value is -6.73. The van der Waals surface area contributed by atoms with Crippen LogP contribution in [0.2, 0.25) is 10.6 Å². The van der Waals surface area contributed by atoms with E-state index < -0.39 is 29.2 Å². The summed E-state index contributed by atoms with van der Waals surface area (Å²) in [5, 5.41) is 7.17. The zero-order chi connectivity index (χ0) is 62.3. The lowest BCUT2D eigenvalue weighted by molar-refractivity contribution is 0.0121. The minimum absolute atomic E-state index is 0.0124. The number of morpholine rings is 2. The minimum atomic E-state index is -3.55. The molecule has 0 spiro atoms. The first-order valence-electron chi connectivity index (χ1n) is 28.9. The lowest BCUT2D eigenvalue weighted by Crippen LogP contribution is -2.56. The Morgan fingerprint density at radius 3 is 1.51 bits per heavy atom. The van der Waals surface area contributed by atoms with Crippen LogP contribution in [0.4, 0.5) is 23.5 Å². The second-order valence-electron chi connectivity index (χ2n) is 23.6. The SMILES string of the molecule is C[C@@H]1COC[C@H]2COc3c(nc(-n4c(NC5COC5)nc5ccccc54)nc3C(C)(C)S(C)(=O)=O)N21.C[C@@H]1COC[C@H]2COc3c(nc(Cl)nc3C(C)(C)S(C)(=O)=O)N21.Clc1nc2ccccc2[nH]1.NC1COC1.c1ccc2[nH]c(NC3COC3)nc2c1. The number of aromatic nitrogens is 10. The van der Waals surface area contributed by atoms with Crippen LogP contribution in [-0.2, 0) is 52.9 Å². The van der Waals surface area contributed by atoms with Crippen molar-refractivity contribution in [2.24, 2.45) is 5.73 Å². The molecule has 5 saturated heterocycles. The number of aromatic amines is 2. The predicted octanol–water partition coefficient (Wildman–Crippen LogP) is 6.22. The maximum atomic E-state index is 13.0. The second-order valence-corrected chi connectivity index (χ2v) is 29.4. The summed E-state index contributed by atoms with van der Waals surface area (Å²) in [4.78, 5) is 42.0. The third kappa shape index (κ3) is 13.1. The van der Waals surface area contributed by atoms with Gasteiger partial charge >= 0.3 is 0 Å². The van der Waals surface area contributed by atoms with Crippen molar-refractivity contribution >= 4 is 99.5 Å². The minimum Gasteiger partial charge on any atom is -0.486 e. The average molecular weight is 1290 g/mol. The maximum absolute atomic E-state index is 13.0. The van der Waals surface area contributed by atoms with Gasteiger partial charge in [0.25, 0.3) is 0 Å². The Morgan fingerprint density at radius 1 is 0.545 bits per heavy atom. The molecule has 8 aromatic rings. The van der Waals surface area contributed by atoms with Crippen molar-refractivity contribution in [1.82, 2.24) is 49.4 Å². The molecule has 3 aromatic carbocycles. The van der Waals surface area contributed by atoms with E-state index in [1.165, 1.54) is 12.5 Å². The zero-order valence-corrected chi connectivity index (χ0v) is 53.2. The Morgan fingerprint density at radius 2 is 1.01 bits per heavy atom. The predicted molar refractivity (Wildman–Crippen MR) is 336 cm³/mol. The van der Waals surface area contributed by atoms with E-state index in [9.17, 15) is 16.8 Å². The molecule has 7 aliphatic heterocycles. The molecule has 0 radical (unpaired) electrons. The van der Waals surface area contributed by atoms with E-state index in [0.29, 0.717) is 117 Å². The lowest BCUT2D eigenvalue weighted by Gasteiger charge is -2.45. The van der Waals surface area contributed by atoms with Crippen LogP contribution in [0.1, 0.15) is 52.9 Å². The highest BCUT2D eigenvalue weighted by molar-refractivity contribution is 7.91. The molecule has 7 aliphatic rings. The number of halogens is 2. The summed E-state index contributed by atoms with van der Waals surface area (Å²) >= 11 is 11.7. The molecule has 15 rings (SSSR count). The van der Waals surface area contributed by atoms with E-state index in [4.69, 9.17) is 77.0 Å². The molecular weight excluding hydrogens is 1220 g/mol. The van der Waals surface area contributed by atoms with Crippen LogP contribution in [0.3, 0.4) is 0 Å². The van der Waals surface area contributed by atoms with Gasteiger partial charge in [-0.3, -0.25) is 0 Å². The normalized spacial score (nSPS) is 21.0. The number of H-pyrrole nitrogens is 2. The van der Waals surface area contributed by atoms with E-state index >= 15 is 0 Å². The molecule has 12 heterocycles. The third-order valence-electron chi connectivity index (χ3n) is 16.2. The monoisotopic (exact) mass is 1290 g/mol. The fourth-order valence-corrected chi connectivity index (χ4v) is 11.8. The summed E-state index contributed by atoms with van der Waals surface area (Å²) in [6.45, 7) is 17.8. The third-order valence-corrected chi connectivity index (χ3v) is 20.6. The van der Waals surface area contributed by atoms with Crippen molar-refractivity contribution in [2.45, 2.75) is 93.3 Å². The van der Waals surface area contributed by atoms with Gasteiger partial charge < -0.3 is 69.3 Å².